The van der Waals surface area contributed by atoms with Crippen molar-refractivity contribution in [2.75, 3.05) is 7.04 Å². The fraction of sp³-hybridized carbons (Fsp3) is 1.00. The summed E-state index contributed by atoms with van der Waals surface area (Å²) >= 11 is 0. The van der Waals surface area contributed by atoms with Crippen LogP contribution in [0.2, 0.25) is 0 Å². The van der Waals surface area contributed by atoms with Gasteiger partial charge in [0.2, 0.25) is 0 Å². The van der Waals surface area contributed by atoms with Crippen molar-refractivity contribution in [3.63, 3.8) is 0 Å². The molecule has 0 aromatic heterocycles. The molecular weight excluding hydrogens is 100 g/mol. The third-order valence-electron chi connectivity index (χ3n) is 0.814. The lowest BCUT2D eigenvalue weighted by molar-refractivity contribution is 0.0710. The fourth-order valence-corrected chi connectivity index (χ4v) is 0.427. The van der Waals surface area contributed by atoms with Crippen LogP contribution in [-0.4, -0.2) is 13.1 Å². The maximum absolute atomic E-state index is 7.61. The van der Waals surface area contributed by atoms with Gasteiger partial charge in [0.05, 0.1) is 10.2 Å². The summed E-state index contributed by atoms with van der Waals surface area (Å²) in [5, 5.41) is 0. The van der Waals surface area contributed by atoms with Crippen LogP contribution in [0.5, 0.6) is 0 Å². The van der Waals surface area contributed by atoms with Crippen molar-refractivity contribution in [3.8, 4) is 0 Å². The van der Waals surface area contributed by atoms with Crippen molar-refractivity contribution in [1.82, 2.24) is 0 Å². The molecule has 1 fully saturated rings. The molecule has 0 heterocycles. The van der Waals surface area contributed by atoms with Crippen molar-refractivity contribution in [3.05, 3.63) is 0 Å². The molecule has 0 amide bonds. The smallest absolute Gasteiger partial charge is 0.0571 e. The predicted molar refractivity (Wildman–Crippen MR) is 33.9 cm³/mol. The highest BCUT2D eigenvalue weighted by atomic mass is 16.5. The lowest BCUT2D eigenvalue weighted by atomic mass is 9.98. The topological polar surface area (TPSA) is 9.23 Å². The van der Waals surface area contributed by atoms with E-state index in [4.69, 9.17) is 15.1 Å². The van der Waals surface area contributed by atoms with Gasteiger partial charge in [-0.05, 0) is 12.8 Å². The lowest BCUT2D eigenvalue weighted by Crippen LogP contribution is -2.13. The molecule has 0 aromatic rings. The molecule has 0 aromatic carbocycles. The molecule has 1 heteroatoms. The van der Waals surface area contributed by atoms with Crippen LogP contribution in [0.1, 0.15) is 47.0 Å². The first-order valence-electron chi connectivity index (χ1n) is 7.74. The van der Waals surface area contributed by atoms with E-state index in [0.29, 0.717) is 0 Å². The van der Waals surface area contributed by atoms with Crippen LogP contribution in [0.15, 0.2) is 0 Å². The first kappa shape index (κ1) is 1.07. The number of methoxy groups -OCH3 is 1. The van der Waals surface area contributed by atoms with Gasteiger partial charge < -0.3 is 4.74 Å². The van der Waals surface area contributed by atoms with Gasteiger partial charge in [0.15, 0.2) is 0 Å². The second kappa shape index (κ2) is 3.08. The van der Waals surface area contributed by atoms with Crippen molar-refractivity contribution in [2.45, 2.75) is 38.0 Å². The molecule has 1 aliphatic rings. The SMILES string of the molecule is [2H]C([2H])([2H])OC1CC([2H])([2H])C([2H])([2H])C([2H])([2H])C1([2H])[2H]. The molecule has 1 unspecified atom stereocenters. The molecule has 48 valence electrons. The van der Waals surface area contributed by atoms with Crippen LogP contribution >= 0.6 is 0 Å². The average Bonchev–Trinajstić information content (AvgIpc) is 2.11. The monoisotopic (exact) mass is 125 g/mol. The summed E-state index contributed by atoms with van der Waals surface area (Å²) in [4.78, 5) is 0. The van der Waals surface area contributed by atoms with Crippen molar-refractivity contribution in [1.29, 1.82) is 0 Å². The molecule has 0 radical (unpaired) electrons. The van der Waals surface area contributed by atoms with Gasteiger partial charge in [0.1, 0.15) is 0 Å². The minimum atomic E-state index is -3.24. The van der Waals surface area contributed by atoms with Crippen molar-refractivity contribution in [2.24, 2.45) is 0 Å². The summed E-state index contributed by atoms with van der Waals surface area (Å²) in [7, 11) is -3.02. The first-order valence-corrected chi connectivity index (χ1v) is 2.24. The van der Waals surface area contributed by atoms with E-state index in [1.165, 1.54) is 0 Å². The molecular formula is C7H14O. The van der Waals surface area contributed by atoms with Crippen LogP contribution in [-0.2, 0) is 4.74 Å². The Hall–Kier alpha value is -0.0400. The van der Waals surface area contributed by atoms with E-state index < -0.39 is 45.1 Å². The summed E-state index contributed by atoms with van der Waals surface area (Å²) < 4.78 is 85.5. The van der Waals surface area contributed by atoms with Gasteiger partial charge >= 0.3 is 0 Å². The van der Waals surface area contributed by atoms with E-state index in [-0.39, 0.29) is 0 Å². The van der Waals surface area contributed by atoms with Crippen molar-refractivity contribution < 1.29 is 19.8 Å². The van der Waals surface area contributed by atoms with Crippen LogP contribution < -0.4 is 0 Å². The van der Waals surface area contributed by atoms with E-state index in [0.717, 1.165) is 0 Å². The second-order valence-electron chi connectivity index (χ2n) is 1.38. The van der Waals surface area contributed by atoms with Gasteiger partial charge in [-0.2, -0.15) is 0 Å². The van der Waals surface area contributed by atoms with Crippen LogP contribution in [0, 0.1) is 0 Å². The summed E-state index contributed by atoms with van der Waals surface area (Å²) in [5.41, 5.74) is 0. The standard InChI is InChI=1S/C7H14O/c1-8-7-5-3-2-4-6-7/h7H,2-6H2,1H3/i1D3,2D2,3D2,4D2,5D2. The molecule has 0 spiro atoms. The maximum Gasteiger partial charge on any atom is 0.0571 e. The number of rotatable bonds is 1. The van der Waals surface area contributed by atoms with E-state index in [1.54, 1.807) is 0 Å². The van der Waals surface area contributed by atoms with Gasteiger partial charge in [-0.1, -0.05) is 19.1 Å². The van der Waals surface area contributed by atoms with Crippen molar-refractivity contribution >= 4 is 0 Å². The van der Waals surface area contributed by atoms with Gasteiger partial charge in [-0.15, -0.1) is 0 Å². The first-order chi connectivity index (χ1) is 8.06. The molecule has 1 aliphatic carbocycles. The molecule has 0 bridgehead atoms. The third kappa shape index (κ3) is 1.48. The Morgan fingerprint density at radius 3 is 3.50 bits per heavy atom. The molecule has 1 nitrogen and oxygen atoms in total. The lowest BCUT2D eigenvalue weighted by Gasteiger charge is -2.19. The zero-order chi connectivity index (χ0) is 15.5. The number of ether oxygens (including phenoxy) is 1. The Morgan fingerprint density at radius 1 is 1.62 bits per heavy atom. The minimum Gasteiger partial charge on any atom is -0.381 e. The minimum absolute atomic E-state index is 0.884. The summed E-state index contributed by atoms with van der Waals surface area (Å²) in [5.74, 6) is 0. The van der Waals surface area contributed by atoms with E-state index in [1.807, 2.05) is 0 Å². The highest BCUT2D eigenvalue weighted by molar-refractivity contribution is 4.63. The van der Waals surface area contributed by atoms with E-state index in [2.05, 4.69) is 4.74 Å². The number of hydrogen-bond acceptors (Lipinski definition) is 1. The Balaban J connectivity index is 3.26. The zero-order valence-electron chi connectivity index (χ0n) is 15.2. The molecule has 1 saturated carbocycles. The normalized spacial score (nSPS) is 77.5. The predicted octanol–water partition coefficient (Wildman–Crippen LogP) is 1.97. The Kier molecular flexibility index (Phi) is 0.413. The zero-order valence-corrected chi connectivity index (χ0v) is 4.19. The third-order valence-corrected chi connectivity index (χ3v) is 0.814. The Morgan fingerprint density at radius 2 is 2.62 bits per heavy atom. The van der Waals surface area contributed by atoms with Gasteiger partial charge in [-0.3, -0.25) is 0 Å². The largest absolute Gasteiger partial charge is 0.381 e. The maximum atomic E-state index is 7.61. The van der Waals surface area contributed by atoms with Gasteiger partial charge in [-0.25, -0.2) is 0 Å². The van der Waals surface area contributed by atoms with Gasteiger partial charge in [0, 0.05) is 18.0 Å². The molecule has 0 N–H and O–H groups in total. The summed E-state index contributed by atoms with van der Waals surface area (Å²) in [6.45, 7) is 0. The molecule has 8 heavy (non-hydrogen) atoms. The molecule has 1 atom stereocenters. The quantitative estimate of drug-likeness (QED) is 0.520. The fourth-order valence-electron chi connectivity index (χ4n) is 0.427. The average molecular weight is 125 g/mol. The number of hydrogen-bond donors (Lipinski definition) is 0. The van der Waals surface area contributed by atoms with E-state index >= 15 is 0 Å². The van der Waals surface area contributed by atoms with Crippen LogP contribution in [0.4, 0.5) is 0 Å². The highest BCUT2D eigenvalue weighted by Gasteiger charge is 2.10. The molecule has 0 aliphatic heterocycles. The highest BCUT2D eigenvalue weighted by Crippen LogP contribution is 2.18. The Bertz CT molecular complexity index is 357. The molecule has 1 rings (SSSR count). The van der Waals surface area contributed by atoms with Crippen LogP contribution in [0.25, 0.3) is 0 Å². The van der Waals surface area contributed by atoms with Gasteiger partial charge in [0.25, 0.3) is 0 Å². The van der Waals surface area contributed by atoms with E-state index in [9.17, 15) is 0 Å². The molecule has 0 saturated heterocycles. The summed E-state index contributed by atoms with van der Waals surface area (Å²) in [6, 6.07) is 0. The summed E-state index contributed by atoms with van der Waals surface area (Å²) in [6.07, 6.45) is -14.9. The second-order valence-corrected chi connectivity index (χ2v) is 1.38. The Labute approximate surface area is 66.5 Å². The van der Waals surface area contributed by atoms with Crippen LogP contribution in [0.3, 0.4) is 0 Å².